The predicted molar refractivity (Wildman–Crippen MR) is 45.6 cm³/mol. The SMILES string of the molecule is Cl.NCCC[C@H](N)C(=O)OCF. The molecule has 74 valence electrons. The summed E-state index contributed by atoms with van der Waals surface area (Å²) in [6, 6.07) is -0.741. The monoisotopic (exact) mass is 200 g/mol. The molecular formula is C6H14ClFN2O2. The smallest absolute Gasteiger partial charge is 0.325 e. The predicted octanol–water partition coefficient (Wildman–Crippen LogP) is -0.0554. The Morgan fingerprint density at radius 3 is 2.58 bits per heavy atom. The van der Waals surface area contributed by atoms with Gasteiger partial charge in [-0.1, -0.05) is 0 Å². The number of carbonyl (C=O) groups excluding carboxylic acids is 1. The third kappa shape index (κ3) is 6.33. The lowest BCUT2D eigenvalue weighted by Crippen LogP contribution is -2.32. The molecule has 4 N–H and O–H groups in total. The number of nitrogens with two attached hydrogens (primary N) is 2. The van der Waals surface area contributed by atoms with Crippen molar-refractivity contribution < 1.29 is 13.9 Å². The number of carbonyl (C=O) groups is 1. The van der Waals surface area contributed by atoms with Gasteiger partial charge in [-0.15, -0.1) is 12.4 Å². The minimum Gasteiger partial charge on any atom is -0.433 e. The summed E-state index contributed by atoms with van der Waals surface area (Å²) in [5.41, 5.74) is 10.5. The van der Waals surface area contributed by atoms with Crippen LogP contribution in [0.3, 0.4) is 0 Å². The minimum atomic E-state index is -1.12. The van der Waals surface area contributed by atoms with Gasteiger partial charge in [0.2, 0.25) is 6.86 Å². The van der Waals surface area contributed by atoms with Crippen molar-refractivity contribution in [1.82, 2.24) is 0 Å². The van der Waals surface area contributed by atoms with E-state index in [2.05, 4.69) is 4.74 Å². The Labute approximate surface area is 76.8 Å². The Kier molecular flexibility index (Phi) is 10.3. The van der Waals surface area contributed by atoms with Gasteiger partial charge in [0.1, 0.15) is 6.04 Å². The summed E-state index contributed by atoms with van der Waals surface area (Å²) in [5.74, 6) is -0.707. The molecule has 0 aromatic carbocycles. The fourth-order valence-corrected chi connectivity index (χ4v) is 0.616. The molecule has 0 aromatic rings. The third-order valence-corrected chi connectivity index (χ3v) is 1.22. The van der Waals surface area contributed by atoms with Crippen molar-refractivity contribution in [2.45, 2.75) is 18.9 Å². The lowest BCUT2D eigenvalue weighted by molar-refractivity contribution is -0.149. The number of hydrogen-bond acceptors (Lipinski definition) is 4. The summed E-state index contributed by atoms with van der Waals surface area (Å²) >= 11 is 0. The normalized spacial score (nSPS) is 11.6. The highest BCUT2D eigenvalue weighted by Crippen LogP contribution is 1.95. The van der Waals surface area contributed by atoms with E-state index in [1.807, 2.05) is 0 Å². The van der Waals surface area contributed by atoms with E-state index in [-0.39, 0.29) is 12.4 Å². The molecule has 0 aliphatic rings. The number of ether oxygens (including phenoxy) is 1. The van der Waals surface area contributed by atoms with Crippen LogP contribution in [-0.2, 0) is 9.53 Å². The topological polar surface area (TPSA) is 78.3 Å². The molecule has 0 rings (SSSR count). The first-order valence-corrected chi connectivity index (χ1v) is 3.40. The van der Waals surface area contributed by atoms with Crippen LogP contribution in [0.2, 0.25) is 0 Å². The van der Waals surface area contributed by atoms with E-state index >= 15 is 0 Å². The molecule has 0 saturated heterocycles. The van der Waals surface area contributed by atoms with Gasteiger partial charge in [-0.3, -0.25) is 4.79 Å². The molecular weight excluding hydrogens is 187 g/mol. The summed E-state index contributed by atoms with van der Waals surface area (Å²) in [6.45, 7) is -0.647. The van der Waals surface area contributed by atoms with Crippen molar-refractivity contribution in [3.8, 4) is 0 Å². The zero-order valence-corrected chi connectivity index (χ0v) is 7.48. The molecule has 0 radical (unpaired) electrons. The zero-order valence-electron chi connectivity index (χ0n) is 6.66. The van der Waals surface area contributed by atoms with Gasteiger partial charge in [0.05, 0.1) is 0 Å². The van der Waals surface area contributed by atoms with Crippen LogP contribution in [0.1, 0.15) is 12.8 Å². The zero-order chi connectivity index (χ0) is 8.69. The van der Waals surface area contributed by atoms with Gasteiger partial charge in [-0.05, 0) is 19.4 Å². The van der Waals surface area contributed by atoms with E-state index in [0.717, 1.165) is 0 Å². The molecule has 0 fully saturated rings. The summed E-state index contributed by atoms with van der Waals surface area (Å²) in [6.07, 6.45) is 1.08. The lowest BCUT2D eigenvalue weighted by Gasteiger charge is -2.07. The molecule has 0 heterocycles. The van der Waals surface area contributed by atoms with Crippen molar-refractivity contribution in [3.63, 3.8) is 0 Å². The lowest BCUT2D eigenvalue weighted by atomic mass is 10.2. The first-order chi connectivity index (χ1) is 5.22. The summed E-state index contributed by atoms with van der Waals surface area (Å²) in [7, 11) is 0. The van der Waals surface area contributed by atoms with E-state index in [4.69, 9.17) is 11.5 Å². The van der Waals surface area contributed by atoms with Gasteiger partial charge in [0, 0.05) is 0 Å². The molecule has 0 aromatic heterocycles. The molecule has 0 spiro atoms. The molecule has 4 nitrogen and oxygen atoms in total. The summed E-state index contributed by atoms with van der Waals surface area (Å²) in [4.78, 5) is 10.6. The fraction of sp³-hybridized carbons (Fsp3) is 0.833. The van der Waals surface area contributed by atoms with Crippen molar-refractivity contribution in [2.24, 2.45) is 11.5 Å². The van der Waals surface area contributed by atoms with Gasteiger partial charge in [0.15, 0.2) is 0 Å². The maximum Gasteiger partial charge on any atom is 0.325 e. The van der Waals surface area contributed by atoms with Crippen LogP contribution in [0, 0.1) is 0 Å². The number of esters is 1. The fourth-order valence-electron chi connectivity index (χ4n) is 0.616. The van der Waals surface area contributed by atoms with Crippen LogP contribution >= 0.6 is 12.4 Å². The van der Waals surface area contributed by atoms with Gasteiger partial charge < -0.3 is 16.2 Å². The maximum atomic E-state index is 11.4. The van der Waals surface area contributed by atoms with Crippen LogP contribution in [-0.4, -0.2) is 25.4 Å². The number of rotatable bonds is 5. The average molecular weight is 201 g/mol. The van der Waals surface area contributed by atoms with E-state index < -0.39 is 18.9 Å². The van der Waals surface area contributed by atoms with Crippen molar-refractivity contribution in [3.05, 3.63) is 0 Å². The highest BCUT2D eigenvalue weighted by molar-refractivity contribution is 5.85. The molecule has 12 heavy (non-hydrogen) atoms. The Hall–Kier alpha value is -0.390. The molecule has 0 bridgehead atoms. The van der Waals surface area contributed by atoms with Gasteiger partial charge >= 0.3 is 5.97 Å². The maximum absolute atomic E-state index is 11.4. The third-order valence-electron chi connectivity index (χ3n) is 1.22. The number of alkyl halides is 1. The first kappa shape index (κ1) is 14.2. The standard InChI is InChI=1S/C6H13FN2O2.ClH/c7-4-11-6(10)5(9)2-1-3-8;/h5H,1-4,8-9H2;1H/t5-;/m0./s1. The Balaban J connectivity index is 0. The second-order valence-electron chi connectivity index (χ2n) is 2.11. The van der Waals surface area contributed by atoms with Crippen molar-refractivity contribution in [1.29, 1.82) is 0 Å². The minimum absolute atomic E-state index is 0. The molecule has 0 aliphatic heterocycles. The summed E-state index contributed by atoms with van der Waals surface area (Å²) in [5, 5.41) is 0. The molecule has 0 saturated carbocycles. The van der Waals surface area contributed by atoms with E-state index in [1.54, 1.807) is 0 Å². The molecule has 0 unspecified atom stereocenters. The van der Waals surface area contributed by atoms with E-state index in [9.17, 15) is 9.18 Å². The average Bonchev–Trinajstić information content (AvgIpc) is 2.00. The second-order valence-corrected chi connectivity index (χ2v) is 2.11. The summed E-state index contributed by atoms with van der Waals surface area (Å²) < 4.78 is 15.4. The van der Waals surface area contributed by atoms with Crippen molar-refractivity contribution in [2.75, 3.05) is 13.4 Å². The Morgan fingerprint density at radius 1 is 1.58 bits per heavy atom. The van der Waals surface area contributed by atoms with Crippen LogP contribution in [0.4, 0.5) is 4.39 Å². The molecule has 1 atom stereocenters. The number of halogens is 2. The van der Waals surface area contributed by atoms with Crippen LogP contribution in [0.15, 0.2) is 0 Å². The van der Waals surface area contributed by atoms with E-state index in [0.29, 0.717) is 19.4 Å². The quantitative estimate of drug-likeness (QED) is 0.610. The van der Waals surface area contributed by atoms with Crippen LogP contribution < -0.4 is 11.5 Å². The Morgan fingerprint density at radius 2 is 2.17 bits per heavy atom. The highest BCUT2D eigenvalue weighted by Gasteiger charge is 2.13. The van der Waals surface area contributed by atoms with Gasteiger partial charge in [0.25, 0.3) is 0 Å². The number of hydrogen-bond donors (Lipinski definition) is 2. The second kappa shape index (κ2) is 8.70. The van der Waals surface area contributed by atoms with Gasteiger partial charge in [-0.2, -0.15) is 0 Å². The Bertz CT molecular complexity index is 126. The molecule has 0 amide bonds. The largest absolute Gasteiger partial charge is 0.433 e. The first-order valence-electron chi connectivity index (χ1n) is 3.40. The van der Waals surface area contributed by atoms with Gasteiger partial charge in [-0.25, -0.2) is 4.39 Å². The van der Waals surface area contributed by atoms with E-state index in [1.165, 1.54) is 0 Å². The van der Waals surface area contributed by atoms with Crippen molar-refractivity contribution >= 4 is 18.4 Å². The van der Waals surface area contributed by atoms with Crippen LogP contribution in [0.5, 0.6) is 0 Å². The highest BCUT2D eigenvalue weighted by atomic mass is 35.5. The molecule has 0 aliphatic carbocycles. The van der Waals surface area contributed by atoms with Crippen LogP contribution in [0.25, 0.3) is 0 Å². The molecule has 6 heteroatoms.